The maximum Gasteiger partial charge on any atom is 0.255 e. The van der Waals surface area contributed by atoms with Crippen LogP contribution >= 0.6 is 11.8 Å². The van der Waals surface area contributed by atoms with E-state index in [1.54, 1.807) is 31.0 Å². The molecule has 0 unspecified atom stereocenters. The summed E-state index contributed by atoms with van der Waals surface area (Å²) in [5.74, 6) is 1.16. The van der Waals surface area contributed by atoms with Crippen LogP contribution < -0.4 is 10.1 Å². The quantitative estimate of drug-likeness (QED) is 0.503. The van der Waals surface area contributed by atoms with Crippen LogP contribution in [0.5, 0.6) is 5.75 Å². The largest absolute Gasteiger partial charge is 0.496 e. The van der Waals surface area contributed by atoms with Crippen molar-refractivity contribution in [3.05, 3.63) is 66.4 Å². The second kappa shape index (κ2) is 8.39. The highest BCUT2D eigenvalue weighted by atomic mass is 32.2. The number of aromatic nitrogens is 2. The van der Waals surface area contributed by atoms with Gasteiger partial charge in [0.1, 0.15) is 5.75 Å². The third-order valence-corrected chi connectivity index (χ3v) is 4.50. The number of para-hydroxylation sites is 1. The predicted octanol–water partition coefficient (Wildman–Crippen LogP) is 3.61. The number of aromatic amines is 1. The van der Waals surface area contributed by atoms with Crippen molar-refractivity contribution < 1.29 is 9.53 Å². The lowest BCUT2D eigenvalue weighted by atomic mass is 10.2. The van der Waals surface area contributed by atoms with Crippen LogP contribution in [0.2, 0.25) is 0 Å². The smallest absolute Gasteiger partial charge is 0.255 e. The van der Waals surface area contributed by atoms with E-state index in [1.807, 2.05) is 48.7 Å². The van der Waals surface area contributed by atoms with Gasteiger partial charge < -0.3 is 15.0 Å². The summed E-state index contributed by atoms with van der Waals surface area (Å²) in [5.41, 5.74) is 2.63. The molecule has 0 aliphatic carbocycles. The second-order valence-electron chi connectivity index (χ2n) is 5.27. The summed E-state index contributed by atoms with van der Waals surface area (Å²) in [4.78, 5) is 19.9. The highest BCUT2D eigenvalue weighted by molar-refractivity contribution is 7.99. The van der Waals surface area contributed by atoms with E-state index in [1.165, 1.54) is 0 Å². The van der Waals surface area contributed by atoms with Gasteiger partial charge in [0.05, 0.1) is 24.6 Å². The fraction of sp³-hybridized carbons (Fsp3) is 0.158. The lowest BCUT2D eigenvalue weighted by molar-refractivity contribution is 0.0953. The number of hydrogen-bond donors (Lipinski definition) is 2. The van der Waals surface area contributed by atoms with Crippen LogP contribution in [-0.4, -0.2) is 35.3 Å². The summed E-state index contributed by atoms with van der Waals surface area (Å²) in [5, 5.41) is 3.74. The van der Waals surface area contributed by atoms with Crippen molar-refractivity contribution in [2.45, 2.75) is 5.16 Å². The summed E-state index contributed by atoms with van der Waals surface area (Å²) < 4.78 is 5.21. The molecular formula is C19H19N3O2S. The minimum atomic E-state index is -0.137. The molecule has 0 spiro atoms. The van der Waals surface area contributed by atoms with Crippen LogP contribution in [-0.2, 0) is 0 Å². The van der Waals surface area contributed by atoms with E-state index < -0.39 is 0 Å². The molecule has 0 atom stereocenters. The van der Waals surface area contributed by atoms with Crippen LogP contribution in [0.25, 0.3) is 11.3 Å². The Bertz CT molecular complexity index is 833. The zero-order valence-corrected chi connectivity index (χ0v) is 14.7. The van der Waals surface area contributed by atoms with Crippen LogP contribution in [0.15, 0.2) is 66.0 Å². The van der Waals surface area contributed by atoms with Crippen LogP contribution in [0.3, 0.4) is 0 Å². The van der Waals surface area contributed by atoms with Crippen molar-refractivity contribution in [1.29, 1.82) is 0 Å². The molecule has 3 rings (SSSR count). The number of amides is 1. The molecule has 25 heavy (non-hydrogen) atoms. The number of nitrogens with one attached hydrogen (secondary N) is 2. The van der Waals surface area contributed by atoms with Gasteiger partial charge in [-0.15, -0.1) is 0 Å². The predicted molar refractivity (Wildman–Crippen MR) is 100 cm³/mol. The monoisotopic (exact) mass is 353 g/mol. The molecule has 128 valence electrons. The average molecular weight is 353 g/mol. The van der Waals surface area contributed by atoms with Gasteiger partial charge in [0.2, 0.25) is 0 Å². The first-order chi connectivity index (χ1) is 12.3. The molecular weight excluding hydrogens is 334 g/mol. The summed E-state index contributed by atoms with van der Waals surface area (Å²) >= 11 is 1.57. The fourth-order valence-electron chi connectivity index (χ4n) is 2.38. The number of hydrogen-bond acceptors (Lipinski definition) is 4. The topological polar surface area (TPSA) is 67.0 Å². The van der Waals surface area contributed by atoms with Crippen LogP contribution in [0.4, 0.5) is 0 Å². The Labute approximate surface area is 150 Å². The Morgan fingerprint density at radius 1 is 1.16 bits per heavy atom. The van der Waals surface area contributed by atoms with Gasteiger partial charge in [0.25, 0.3) is 5.91 Å². The molecule has 0 bridgehead atoms. The molecule has 0 fully saturated rings. The van der Waals surface area contributed by atoms with Crippen molar-refractivity contribution >= 4 is 17.7 Å². The SMILES string of the molecule is COc1ccccc1C(=O)NCCSc1ncc(-c2ccccc2)[nH]1. The third-order valence-electron chi connectivity index (χ3n) is 3.62. The Morgan fingerprint density at radius 3 is 2.72 bits per heavy atom. The van der Waals surface area contributed by atoms with Gasteiger partial charge >= 0.3 is 0 Å². The van der Waals surface area contributed by atoms with E-state index in [4.69, 9.17) is 4.74 Å². The van der Waals surface area contributed by atoms with E-state index in [0.29, 0.717) is 17.9 Å². The Hall–Kier alpha value is -2.73. The van der Waals surface area contributed by atoms with Gasteiger partial charge in [0, 0.05) is 12.3 Å². The van der Waals surface area contributed by atoms with Crippen molar-refractivity contribution in [3.8, 4) is 17.0 Å². The van der Waals surface area contributed by atoms with Gasteiger partial charge in [-0.2, -0.15) is 0 Å². The molecule has 1 amide bonds. The molecule has 0 aliphatic rings. The van der Waals surface area contributed by atoms with E-state index >= 15 is 0 Å². The van der Waals surface area contributed by atoms with Crippen LogP contribution in [0, 0.1) is 0 Å². The van der Waals surface area contributed by atoms with Gasteiger partial charge in [-0.1, -0.05) is 54.2 Å². The molecule has 1 heterocycles. The number of carbonyl (C=O) groups is 1. The van der Waals surface area contributed by atoms with Gasteiger partial charge in [-0.3, -0.25) is 4.79 Å². The highest BCUT2D eigenvalue weighted by Crippen LogP contribution is 2.21. The third kappa shape index (κ3) is 4.42. The van der Waals surface area contributed by atoms with E-state index in [2.05, 4.69) is 15.3 Å². The van der Waals surface area contributed by atoms with Gasteiger partial charge in [-0.05, 0) is 17.7 Å². The summed E-state index contributed by atoms with van der Waals surface area (Å²) in [6.45, 7) is 0.545. The lowest BCUT2D eigenvalue weighted by Gasteiger charge is -2.08. The zero-order valence-electron chi connectivity index (χ0n) is 13.9. The Morgan fingerprint density at radius 2 is 1.92 bits per heavy atom. The molecule has 6 heteroatoms. The number of benzene rings is 2. The summed E-state index contributed by atoms with van der Waals surface area (Å²) in [6, 6.07) is 17.2. The van der Waals surface area contributed by atoms with Crippen molar-refractivity contribution in [3.63, 3.8) is 0 Å². The normalized spacial score (nSPS) is 10.4. The molecule has 2 aromatic carbocycles. The van der Waals surface area contributed by atoms with Gasteiger partial charge in [-0.25, -0.2) is 4.98 Å². The maximum absolute atomic E-state index is 12.2. The first kappa shape index (κ1) is 17.1. The highest BCUT2D eigenvalue weighted by Gasteiger charge is 2.10. The summed E-state index contributed by atoms with van der Waals surface area (Å²) in [6.07, 6.45) is 1.82. The first-order valence-corrected chi connectivity index (χ1v) is 8.91. The number of nitrogens with zero attached hydrogens (tertiary/aromatic N) is 1. The lowest BCUT2D eigenvalue weighted by Crippen LogP contribution is -2.26. The molecule has 1 aromatic heterocycles. The molecule has 2 N–H and O–H groups in total. The summed E-state index contributed by atoms with van der Waals surface area (Å²) in [7, 11) is 1.56. The molecule has 3 aromatic rings. The minimum Gasteiger partial charge on any atom is -0.496 e. The maximum atomic E-state index is 12.2. The number of rotatable bonds is 7. The molecule has 5 nitrogen and oxygen atoms in total. The van der Waals surface area contributed by atoms with Crippen molar-refractivity contribution in [2.24, 2.45) is 0 Å². The van der Waals surface area contributed by atoms with Gasteiger partial charge in [0.15, 0.2) is 5.16 Å². The molecule has 0 radical (unpaired) electrons. The standard InChI is InChI=1S/C19H19N3O2S/c1-24-17-10-6-5-9-15(17)18(23)20-11-12-25-19-21-13-16(22-19)14-7-3-2-4-8-14/h2-10,13H,11-12H2,1H3,(H,20,23)(H,21,22). The molecule has 0 aliphatic heterocycles. The number of ether oxygens (including phenoxy) is 1. The minimum absolute atomic E-state index is 0.137. The second-order valence-corrected chi connectivity index (χ2v) is 6.36. The van der Waals surface area contributed by atoms with Crippen molar-refractivity contribution in [2.75, 3.05) is 19.4 Å². The molecule has 0 saturated carbocycles. The average Bonchev–Trinajstić information content (AvgIpc) is 3.14. The van der Waals surface area contributed by atoms with E-state index in [0.717, 1.165) is 22.2 Å². The van der Waals surface area contributed by atoms with Crippen molar-refractivity contribution in [1.82, 2.24) is 15.3 Å². The van der Waals surface area contributed by atoms with E-state index in [-0.39, 0.29) is 5.91 Å². The number of imidazole rings is 1. The first-order valence-electron chi connectivity index (χ1n) is 7.92. The fourth-order valence-corrected chi connectivity index (χ4v) is 3.09. The van der Waals surface area contributed by atoms with Crippen LogP contribution in [0.1, 0.15) is 10.4 Å². The number of carbonyl (C=O) groups excluding carboxylic acids is 1. The molecule has 0 saturated heterocycles. The number of methoxy groups -OCH3 is 1. The zero-order chi connectivity index (χ0) is 17.5. The number of thioether (sulfide) groups is 1. The number of H-pyrrole nitrogens is 1. The Kier molecular flexibility index (Phi) is 5.74. The van der Waals surface area contributed by atoms with E-state index in [9.17, 15) is 4.79 Å². The Balaban J connectivity index is 1.49.